The largest absolute Gasteiger partial charge is 0.493 e. The zero-order chi connectivity index (χ0) is 18.2. The fourth-order valence-electron chi connectivity index (χ4n) is 3.22. The number of aliphatic imine (C=N–C) groups is 1. The minimum Gasteiger partial charge on any atom is -0.493 e. The summed E-state index contributed by atoms with van der Waals surface area (Å²) in [4.78, 5) is 4.79. The summed E-state index contributed by atoms with van der Waals surface area (Å²) in [5, 5.41) is 3.71. The highest BCUT2D eigenvalue weighted by Crippen LogP contribution is 2.36. The number of fused-ring (bicyclic) bond motifs is 1. The van der Waals surface area contributed by atoms with Crippen LogP contribution in [0.2, 0.25) is 0 Å². The SMILES string of the molecule is C1CC2(CCN1)COC2.N/C=N\C(=S)NSc1ccc2c(c1)OCCC2.O.O.[HH]. The number of benzene rings is 1. The van der Waals surface area contributed by atoms with Crippen LogP contribution in [0.1, 0.15) is 26.3 Å². The van der Waals surface area contributed by atoms with E-state index in [2.05, 4.69) is 21.1 Å². The van der Waals surface area contributed by atoms with Gasteiger partial charge in [-0.2, -0.15) is 0 Å². The lowest BCUT2D eigenvalue weighted by atomic mass is 9.77. The molecule has 0 aliphatic carbocycles. The maximum atomic E-state index is 5.59. The minimum absolute atomic E-state index is 0. The number of thiocarbonyl (C=S) groups is 1. The van der Waals surface area contributed by atoms with Crippen molar-refractivity contribution in [3.8, 4) is 5.75 Å². The Morgan fingerprint density at radius 1 is 1.32 bits per heavy atom. The van der Waals surface area contributed by atoms with Gasteiger partial charge in [0.2, 0.25) is 5.11 Å². The minimum atomic E-state index is 0. The number of hydrogen-bond donors (Lipinski definition) is 3. The maximum absolute atomic E-state index is 5.59. The Bertz CT molecular complexity index is 655. The number of aryl methyl sites for hydroxylation is 1. The summed E-state index contributed by atoms with van der Waals surface area (Å²) >= 11 is 6.33. The highest BCUT2D eigenvalue weighted by Gasteiger charge is 2.38. The molecule has 3 aliphatic heterocycles. The Labute approximate surface area is 176 Å². The zero-order valence-corrected chi connectivity index (χ0v) is 17.5. The zero-order valence-electron chi connectivity index (χ0n) is 15.8. The van der Waals surface area contributed by atoms with Crippen LogP contribution in [0, 0.1) is 5.41 Å². The van der Waals surface area contributed by atoms with Gasteiger partial charge in [-0.15, -0.1) is 0 Å². The Hall–Kier alpha value is -1.43. The van der Waals surface area contributed by atoms with Crippen molar-refractivity contribution in [2.45, 2.75) is 30.6 Å². The topological polar surface area (TPSA) is 144 Å². The lowest BCUT2D eigenvalue weighted by molar-refractivity contribution is -0.127. The molecule has 0 bridgehead atoms. The first kappa shape index (κ1) is 24.6. The highest BCUT2D eigenvalue weighted by molar-refractivity contribution is 7.99. The number of nitrogens with two attached hydrogens (primary N) is 1. The van der Waals surface area contributed by atoms with Gasteiger partial charge >= 0.3 is 0 Å². The van der Waals surface area contributed by atoms with Crippen molar-refractivity contribution < 1.29 is 21.9 Å². The first-order chi connectivity index (χ1) is 12.7. The molecule has 2 fully saturated rings. The van der Waals surface area contributed by atoms with Crippen molar-refractivity contribution >= 4 is 35.6 Å². The first-order valence-corrected chi connectivity index (χ1v) is 10.2. The van der Waals surface area contributed by atoms with E-state index in [0.717, 1.165) is 43.3 Å². The Balaban J connectivity index is 0.000000560. The van der Waals surface area contributed by atoms with Crippen molar-refractivity contribution in [3.63, 3.8) is 0 Å². The summed E-state index contributed by atoms with van der Waals surface area (Å²) in [6.07, 6.45) is 6.00. The third kappa shape index (κ3) is 6.87. The molecule has 3 aliphatic rings. The van der Waals surface area contributed by atoms with Gasteiger partial charge in [-0.25, -0.2) is 4.99 Å². The summed E-state index contributed by atoms with van der Waals surface area (Å²) in [7, 11) is 0. The summed E-state index contributed by atoms with van der Waals surface area (Å²) in [5.41, 5.74) is 7.02. The van der Waals surface area contributed by atoms with Gasteiger partial charge in [0.1, 0.15) is 5.75 Å². The fourth-order valence-corrected chi connectivity index (χ4v) is 3.96. The average Bonchev–Trinajstić information content (AvgIpc) is 2.66. The molecule has 8 nitrogen and oxygen atoms in total. The van der Waals surface area contributed by atoms with E-state index in [-0.39, 0.29) is 12.4 Å². The summed E-state index contributed by atoms with van der Waals surface area (Å²) in [6.45, 7) is 5.24. The number of ether oxygens (including phenoxy) is 2. The maximum Gasteiger partial charge on any atom is 0.204 e. The van der Waals surface area contributed by atoms with Crippen molar-refractivity contribution in [1.82, 2.24) is 10.0 Å². The number of rotatable bonds is 2. The second-order valence-corrected chi connectivity index (χ2v) is 8.02. The third-order valence-corrected chi connectivity index (χ3v) is 5.94. The summed E-state index contributed by atoms with van der Waals surface area (Å²) < 4.78 is 13.7. The van der Waals surface area contributed by atoms with Crippen LogP contribution >= 0.6 is 24.2 Å². The van der Waals surface area contributed by atoms with Crippen molar-refractivity contribution in [1.29, 1.82) is 0 Å². The standard InChI is InChI=1S/C11H13N3OS2.C7H13NO.2H2O.H2/c12-7-13-11(16)14-17-9-4-3-8-2-1-5-15-10(8)6-9;1-3-8-4-2-7(1)5-9-6-7;;;/h3-4,6-7H,1-2,5H2,(H3,12,13,14,16);8H,1-6H2;2*1H2;1H. The normalized spacial score (nSPS) is 18.9. The third-order valence-electron chi connectivity index (χ3n) is 4.82. The molecular weight excluding hydrogens is 400 g/mol. The molecule has 1 aromatic carbocycles. The Morgan fingerprint density at radius 2 is 2.07 bits per heavy atom. The molecule has 1 spiro atoms. The van der Waals surface area contributed by atoms with Gasteiger partial charge in [0.15, 0.2) is 0 Å². The predicted molar refractivity (Wildman–Crippen MR) is 119 cm³/mol. The van der Waals surface area contributed by atoms with Gasteiger partial charge < -0.3 is 36.2 Å². The molecule has 0 atom stereocenters. The number of piperidine rings is 1. The molecular formula is C18H32N4O4S2. The van der Waals surface area contributed by atoms with Crippen LogP contribution in [0.15, 0.2) is 28.1 Å². The molecule has 10 heteroatoms. The van der Waals surface area contributed by atoms with E-state index in [4.69, 9.17) is 27.4 Å². The van der Waals surface area contributed by atoms with E-state index >= 15 is 0 Å². The summed E-state index contributed by atoms with van der Waals surface area (Å²) in [5.74, 6) is 0.969. The van der Waals surface area contributed by atoms with Crippen LogP contribution in [-0.4, -0.2) is 55.3 Å². The van der Waals surface area contributed by atoms with Crippen LogP contribution in [0.5, 0.6) is 5.75 Å². The number of hydrogen-bond acceptors (Lipinski definition) is 5. The van der Waals surface area contributed by atoms with Gasteiger partial charge in [0.05, 0.1) is 26.2 Å². The van der Waals surface area contributed by atoms with Gasteiger partial charge in [-0.05, 0) is 80.6 Å². The average molecular weight is 433 g/mol. The van der Waals surface area contributed by atoms with E-state index in [9.17, 15) is 0 Å². The van der Waals surface area contributed by atoms with E-state index in [1.165, 1.54) is 49.8 Å². The second kappa shape index (κ2) is 12.2. The van der Waals surface area contributed by atoms with Gasteiger partial charge in [-0.3, -0.25) is 0 Å². The molecule has 3 heterocycles. The van der Waals surface area contributed by atoms with Crippen LogP contribution in [0.4, 0.5) is 0 Å². The molecule has 0 unspecified atom stereocenters. The van der Waals surface area contributed by atoms with Crippen LogP contribution in [0.3, 0.4) is 0 Å². The van der Waals surface area contributed by atoms with Crippen LogP contribution < -0.4 is 20.5 Å². The molecule has 0 saturated carbocycles. The quantitative estimate of drug-likeness (QED) is 0.272. The molecule has 4 rings (SSSR count). The monoisotopic (exact) mass is 432 g/mol. The fraction of sp³-hybridized carbons (Fsp3) is 0.556. The molecule has 28 heavy (non-hydrogen) atoms. The van der Waals surface area contributed by atoms with Crippen molar-refractivity contribution in [3.05, 3.63) is 23.8 Å². The lowest BCUT2D eigenvalue weighted by Crippen LogP contribution is -2.49. The molecule has 160 valence electrons. The van der Waals surface area contributed by atoms with Gasteiger partial charge in [-0.1, -0.05) is 6.07 Å². The second-order valence-electron chi connectivity index (χ2n) is 6.75. The predicted octanol–water partition coefficient (Wildman–Crippen LogP) is 0.863. The van der Waals surface area contributed by atoms with Crippen molar-refractivity contribution in [2.24, 2.45) is 16.1 Å². The molecule has 8 N–H and O–H groups in total. The van der Waals surface area contributed by atoms with E-state index in [1.807, 2.05) is 12.1 Å². The van der Waals surface area contributed by atoms with E-state index in [0.29, 0.717) is 10.5 Å². The van der Waals surface area contributed by atoms with Crippen molar-refractivity contribution in [2.75, 3.05) is 32.9 Å². The lowest BCUT2D eigenvalue weighted by Gasteiger charge is -2.44. The molecule has 0 amide bonds. The van der Waals surface area contributed by atoms with E-state index < -0.39 is 0 Å². The molecule has 1 aromatic rings. The Morgan fingerprint density at radius 3 is 2.68 bits per heavy atom. The van der Waals surface area contributed by atoms with Crippen LogP contribution in [-0.2, 0) is 11.2 Å². The molecule has 0 radical (unpaired) electrons. The van der Waals surface area contributed by atoms with E-state index in [1.54, 1.807) is 0 Å². The van der Waals surface area contributed by atoms with Crippen LogP contribution in [0.25, 0.3) is 0 Å². The highest BCUT2D eigenvalue weighted by atomic mass is 32.2. The smallest absolute Gasteiger partial charge is 0.204 e. The van der Waals surface area contributed by atoms with Gasteiger partial charge in [0, 0.05) is 11.7 Å². The number of nitrogens with zero attached hydrogens (tertiary/aromatic N) is 1. The Kier molecular flexibility index (Phi) is 10.7. The molecule has 0 aromatic heterocycles. The number of nitrogens with one attached hydrogen (secondary N) is 2. The first-order valence-electron chi connectivity index (χ1n) is 8.96. The molecule has 2 saturated heterocycles. The van der Waals surface area contributed by atoms with Gasteiger partial charge in [0.25, 0.3) is 0 Å². The summed E-state index contributed by atoms with van der Waals surface area (Å²) in [6, 6.07) is 6.15.